The van der Waals surface area contributed by atoms with Crippen molar-refractivity contribution in [3.05, 3.63) is 0 Å². The van der Waals surface area contributed by atoms with Crippen LogP contribution in [0.4, 0.5) is 0 Å². The van der Waals surface area contributed by atoms with Crippen LogP contribution in [-0.4, -0.2) is 56.9 Å². The topological polar surface area (TPSA) is 107 Å². The summed E-state index contributed by atoms with van der Waals surface area (Å²) in [4.78, 5) is 11.5. The van der Waals surface area contributed by atoms with E-state index in [1.807, 2.05) is 0 Å². The Hall–Kier alpha value is -0.530. The zero-order chi connectivity index (χ0) is 11.7. The summed E-state index contributed by atoms with van der Waals surface area (Å²) in [5, 5.41) is 37.0. The van der Waals surface area contributed by atoms with E-state index in [1.54, 1.807) is 13.8 Å². The molecule has 6 nitrogen and oxygen atoms in total. The molecule has 5 atom stereocenters. The minimum atomic E-state index is -1.59. The van der Waals surface area contributed by atoms with Crippen LogP contribution in [0.5, 0.6) is 0 Å². The van der Waals surface area contributed by atoms with Crippen molar-refractivity contribution in [2.24, 2.45) is 5.92 Å². The fourth-order valence-electron chi connectivity index (χ4n) is 1.39. The Morgan fingerprint density at radius 1 is 1.20 bits per heavy atom. The van der Waals surface area contributed by atoms with Crippen LogP contribution >= 0.6 is 0 Å². The standard InChI is InChI=1S/C9H16O6/c1-3(2)4(10)5(11)8-6(12)7(13)9(14)15-8/h3-4,6-10,12-14H,1-2H3/t4?,6-,7-,8-,9?/m1/s1. The summed E-state index contributed by atoms with van der Waals surface area (Å²) in [5.41, 5.74) is 0. The average molecular weight is 220 g/mol. The predicted octanol–water partition coefficient (Wildman–Crippen LogP) is -1.99. The van der Waals surface area contributed by atoms with E-state index in [0.29, 0.717) is 0 Å². The lowest BCUT2D eigenvalue weighted by Crippen LogP contribution is -2.43. The fourth-order valence-corrected chi connectivity index (χ4v) is 1.39. The van der Waals surface area contributed by atoms with Crippen molar-refractivity contribution in [2.75, 3.05) is 0 Å². The Bertz CT molecular complexity index is 241. The third kappa shape index (κ3) is 2.35. The molecule has 0 spiro atoms. The zero-order valence-electron chi connectivity index (χ0n) is 8.57. The summed E-state index contributed by atoms with van der Waals surface area (Å²) in [7, 11) is 0. The van der Waals surface area contributed by atoms with Crippen LogP contribution in [0.2, 0.25) is 0 Å². The maximum atomic E-state index is 11.5. The number of ketones is 1. The Labute approximate surface area is 87.1 Å². The number of carbonyl (C=O) groups excluding carboxylic acids is 1. The predicted molar refractivity (Wildman–Crippen MR) is 48.7 cm³/mol. The van der Waals surface area contributed by atoms with E-state index in [0.717, 1.165) is 0 Å². The van der Waals surface area contributed by atoms with Crippen LogP contribution < -0.4 is 0 Å². The lowest BCUT2D eigenvalue weighted by atomic mass is 9.96. The van der Waals surface area contributed by atoms with Gasteiger partial charge in [-0.05, 0) is 5.92 Å². The number of rotatable bonds is 3. The van der Waals surface area contributed by atoms with Crippen LogP contribution in [0.1, 0.15) is 13.8 Å². The Balaban J connectivity index is 2.70. The number of ether oxygens (including phenoxy) is 1. The van der Waals surface area contributed by atoms with Crippen molar-refractivity contribution in [1.29, 1.82) is 0 Å². The van der Waals surface area contributed by atoms with Gasteiger partial charge in [0.2, 0.25) is 0 Å². The first kappa shape index (κ1) is 12.5. The second-order valence-corrected chi connectivity index (χ2v) is 4.02. The highest BCUT2D eigenvalue weighted by Crippen LogP contribution is 2.22. The first-order valence-electron chi connectivity index (χ1n) is 4.77. The molecular weight excluding hydrogens is 204 g/mol. The van der Waals surface area contributed by atoms with Crippen LogP contribution in [0, 0.1) is 5.92 Å². The van der Waals surface area contributed by atoms with Gasteiger partial charge in [-0.3, -0.25) is 4.79 Å². The Morgan fingerprint density at radius 3 is 2.07 bits per heavy atom. The number of hydrogen-bond acceptors (Lipinski definition) is 6. The highest BCUT2D eigenvalue weighted by atomic mass is 16.6. The smallest absolute Gasteiger partial charge is 0.193 e. The van der Waals surface area contributed by atoms with Gasteiger partial charge in [-0.2, -0.15) is 0 Å². The van der Waals surface area contributed by atoms with Gasteiger partial charge >= 0.3 is 0 Å². The average Bonchev–Trinajstić information content (AvgIpc) is 2.43. The van der Waals surface area contributed by atoms with Gasteiger partial charge in [-0.25, -0.2) is 0 Å². The molecule has 1 heterocycles. The van der Waals surface area contributed by atoms with E-state index in [-0.39, 0.29) is 5.92 Å². The van der Waals surface area contributed by atoms with Gasteiger partial charge in [0.25, 0.3) is 0 Å². The summed E-state index contributed by atoms with van der Waals surface area (Å²) in [6.07, 6.45) is -7.25. The molecule has 1 fully saturated rings. The minimum absolute atomic E-state index is 0.316. The monoisotopic (exact) mass is 220 g/mol. The van der Waals surface area contributed by atoms with Gasteiger partial charge in [0.1, 0.15) is 18.3 Å². The molecule has 0 saturated carbocycles. The summed E-state index contributed by atoms with van der Waals surface area (Å²) >= 11 is 0. The molecule has 1 aliphatic heterocycles. The lowest BCUT2D eigenvalue weighted by Gasteiger charge is -2.19. The van der Waals surface area contributed by atoms with Crippen molar-refractivity contribution >= 4 is 5.78 Å². The fraction of sp³-hybridized carbons (Fsp3) is 0.889. The number of carbonyl (C=O) groups is 1. The summed E-state index contributed by atoms with van der Waals surface area (Å²) in [5.74, 6) is -1.05. The SMILES string of the molecule is CC(C)C(O)C(=O)[C@H]1OC(O)[C@H](O)[C@H]1O. The molecule has 1 aliphatic rings. The number of aliphatic hydroxyl groups is 4. The van der Waals surface area contributed by atoms with E-state index in [9.17, 15) is 15.0 Å². The molecule has 0 aromatic heterocycles. The van der Waals surface area contributed by atoms with Crippen LogP contribution in [0.25, 0.3) is 0 Å². The van der Waals surface area contributed by atoms with Crippen molar-refractivity contribution in [3.63, 3.8) is 0 Å². The molecule has 2 unspecified atom stereocenters. The van der Waals surface area contributed by atoms with E-state index < -0.39 is 36.5 Å². The van der Waals surface area contributed by atoms with E-state index in [4.69, 9.17) is 10.2 Å². The second kappa shape index (κ2) is 4.54. The number of hydrogen-bond donors (Lipinski definition) is 4. The molecule has 4 N–H and O–H groups in total. The Morgan fingerprint density at radius 2 is 1.73 bits per heavy atom. The molecule has 0 aliphatic carbocycles. The molecule has 88 valence electrons. The highest BCUT2D eigenvalue weighted by Gasteiger charge is 2.47. The van der Waals surface area contributed by atoms with Crippen LogP contribution in [0.15, 0.2) is 0 Å². The van der Waals surface area contributed by atoms with Gasteiger partial charge in [-0.1, -0.05) is 13.8 Å². The third-order valence-electron chi connectivity index (χ3n) is 2.44. The molecule has 6 heteroatoms. The molecule has 0 radical (unpaired) electrons. The maximum Gasteiger partial charge on any atom is 0.193 e. The zero-order valence-corrected chi connectivity index (χ0v) is 8.57. The quantitative estimate of drug-likeness (QED) is 0.438. The summed E-state index contributed by atoms with van der Waals surface area (Å²) < 4.78 is 4.66. The lowest BCUT2D eigenvalue weighted by molar-refractivity contribution is -0.157. The van der Waals surface area contributed by atoms with E-state index in [1.165, 1.54) is 0 Å². The largest absolute Gasteiger partial charge is 0.387 e. The molecular formula is C9H16O6. The van der Waals surface area contributed by atoms with Gasteiger partial charge in [0.15, 0.2) is 18.2 Å². The van der Waals surface area contributed by atoms with Crippen LogP contribution in [-0.2, 0) is 9.53 Å². The molecule has 0 aromatic rings. The van der Waals surface area contributed by atoms with Crippen molar-refractivity contribution in [3.8, 4) is 0 Å². The summed E-state index contributed by atoms with van der Waals surface area (Å²) in [6, 6.07) is 0. The van der Waals surface area contributed by atoms with Crippen molar-refractivity contribution in [1.82, 2.24) is 0 Å². The third-order valence-corrected chi connectivity index (χ3v) is 2.44. The number of Topliss-reactive ketones (excluding diaryl/α,β-unsaturated/α-hetero) is 1. The normalized spacial score (nSPS) is 38.3. The van der Waals surface area contributed by atoms with Gasteiger partial charge < -0.3 is 25.2 Å². The second-order valence-electron chi connectivity index (χ2n) is 4.02. The highest BCUT2D eigenvalue weighted by molar-refractivity contribution is 5.88. The van der Waals surface area contributed by atoms with Gasteiger partial charge in [0, 0.05) is 0 Å². The van der Waals surface area contributed by atoms with E-state index in [2.05, 4.69) is 4.74 Å². The molecule has 0 bridgehead atoms. The van der Waals surface area contributed by atoms with E-state index >= 15 is 0 Å². The van der Waals surface area contributed by atoms with Crippen molar-refractivity contribution < 1.29 is 30.0 Å². The molecule has 0 aromatic carbocycles. The Kier molecular flexibility index (Phi) is 3.80. The summed E-state index contributed by atoms with van der Waals surface area (Å²) in [6.45, 7) is 3.27. The van der Waals surface area contributed by atoms with Gasteiger partial charge in [-0.15, -0.1) is 0 Å². The molecule has 15 heavy (non-hydrogen) atoms. The first-order chi connectivity index (χ1) is 6.86. The molecule has 1 saturated heterocycles. The first-order valence-corrected chi connectivity index (χ1v) is 4.77. The molecule has 1 rings (SSSR count). The maximum absolute atomic E-state index is 11.5. The van der Waals surface area contributed by atoms with Crippen LogP contribution in [0.3, 0.4) is 0 Å². The van der Waals surface area contributed by atoms with Crippen molar-refractivity contribution in [2.45, 2.75) is 44.6 Å². The number of aliphatic hydroxyl groups excluding tert-OH is 4. The molecule has 0 amide bonds. The van der Waals surface area contributed by atoms with Gasteiger partial charge in [0.05, 0.1) is 0 Å². The minimum Gasteiger partial charge on any atom is -0.387 e.